The lowest BCUT2D eigenvalue weighted by molar-refractivity contribution is -0.383. The highest BCUT2D eigenvalue weighted by molar-refractivity contribution is 5.91. The van der Waals surface area contributed by atoms with Crippen LogP contribution < -0.4 is 0 Å². The van der Waals surface area contributed by atoms with Gasteiger partial charge in [-0.05, 0) is 6.07 Å². The topological polar surface area (TPSA) is 98.1 Å². The third kappa shape index (κ3) is 2.12. The predicted molar refractivity (Wildman–Crippen MR) is 61.6 cm³/mol. The molecule has 0 radical (unpaired) electrons. The molecule has 0 unspecified atom stereocenters. The fourth-order valence-corrected chi connectivity index (χ4v) is 1.43. The average molecular weight is 245 g/mol. The third-order valence-electron chi connectivity index (χ3n) is 2.23. The summed E-state index contributed by atoms with van der Waals surface area (Å²) in [5.74, 6) is 3.99. The quantitative estimate of drug-likeness (QED) is 0.349. The van der Waals surface area contributed by atoms with Gasteiger partial charge >= 0.3 is 5.97 Å². The first kappa shape index (κ1) is 11.6. The van der Waals surface area contributed by atoms with Crippen molar-refractivity contribution in [2.75, 3.05) is 7.11 Å². The minimum absolute atomic E-state index is 0.115. The Hall–Kier alpha value is -2.88. The van der Waals surface area contributed by atoms with Crippen LogP contribution in [0, 0.1) is 22.0 Å². The summed E-state index contributed by atoms with van der Waals surface area (Å²) >= 11 is 0. The number of nitrogens with zero attached hydrogens (tertiary/aromatic N) is 2. The molecule has 0 spiro atoms. The molecule has 1 heterocycles. The Labute approximate surface area is 101 Å². The molecule has 0 bridgehead atoms. The molecule has 0 fully saturated rings. The van der Waals surface area contributed by atoms with Crippen molar-refractivity contribution in [3.8, 4) is 11.8 Å². The number of non-ortho nitro benzene ring substituents is 1. The molecular weight excluding hydrogens is 238 g/mol. The first-order valence-electron chi connectivity index (χ1n) is 4.83. The van der Waals surface area contributed by atoms with Crippen LogP contribution in [0.25, 0.3) is 10.9 Å². The molecule has 0 aliphatic heterocycles. The molecule has 0 amide bonds. The second-order valence-electron chi connectivity index (χ2n) is 3.33. The lowest BCUT2D eigenvalue weighted by Crippen LogP contribution is -1.95. The number of aromatic nitrogens is 2. The van der Waals surface area contributed by atoms with Crippen LogP contribution in [0.2, 0.25) is 0 Å². The van der Waals surface area contributed by atoms with E-state index in [1.54, 1.807) is 6.07 Å². The molecule has 0 aliphatic carbocycles. The van der Waals surface area contributed by atoms with E-state index in [4.69, 9.17) is 0 Å². The van der Waals surface area contributed by atoms with Crippen LogP contribution in [0.15, 0.2) is 18.3 Å². The van der Waals surface area contributed by atoms with E-state index in [2.05, 4.69) is 26.8 Å². The number of nitro benzene ring substituents is 1. The maximum atomic E-state index is 10.9. The van der Waals surface area contributed by atoms with Crippen molar-refractivity contribution in [2.24, 2.45) is 0 Å². The molecule has 1 aromatic heterocycles. The highest BCUT2D eigenvalue weighted by Gasteiger charge is 2.14. The molecule has 90 valence electrons. The van der Waals surface area contributed by atoms with Gasteiger partial charge in [-0.15, -0.1) is 0 Å². The number of benzene rings is 1. The van der Waals surface area contributed by atoms with Gasteiger partial charge in [0.15, 0.2) is 0 Å². The van der Waals surface area contributed by atoms with Crippen LogP contribution in [0.5, 0.6) is 0 Å². The number of hydrogen-bond acceptors (Lipinski definition) is 5. The summed E-state index contributed by atoms with van der Waals surface area (Å²) in [6, 6.07) is 2.86. The van der Waals surface area contributed by atoms with Crippen LogP contribution in [-0.2, 0) is 9.53 Å². The fourth-order valence-electron chi connectivity index (χ4n) is 1.43. The lowest BCUT2D eigenvalue weighted by Gasteiger charge is -1.95. The minimum Gasteiger partial charge on any atom is -0.459 e. The van der Waals surface area contributed by atoms with Gasteiger partial charge in [0.25, 0.3) is 5.69 Å². The van der Waals surface area contributed by atoms with Gasteiger partial charge in [-0.25, -0.2) is 4.79 Å². The van der Waals surface area contributed by atoms with E-state index in [1.807, 2.05) is 0 Å². The monoisotopic (exact) mass is 245 g/mol. The van der Waals surface area contributed by atoms with Gasteiger partial charge < -0.3 is 4.74 Å². The summed E-state index contributed by atoms with van der Waals surface area (Å²) in [6.07, 6.45) is 1.37. The maximum absolute atomic E-state index is 10.9. The van der Waals surface area contributed by atoms with Crippen molar-refractivity contribution in [2.45, 2.75) is 0 Å². The van der Waals surface area contributed by atoms with E-state index < -0.39 is 10.9 Å². The zero-order chi connectivity index (χ0) is 13.1. The average Bonchev–Trinajstić information content (AvgIpc) is 2.82. The maximum Gasteiger partial charge on any atom is 0.384 e. The number of nitrogens with one attached hydrogen (secondary N) is 1. The number of rotatable bonds is 1. The predicted octanol–water partition coefficient (Wildman–Crippen LogP) is 0.996. The van der Waals surface area contributed by atoms with Crippen molar-refractivity contribution in [1.82, 2.24) is 10.2 Å². The molecular formula is C11H7N3O4. The largest absolute Gasteiger partial charge is 0.459 e. The van der Waals surface area contributed by atoms with E-state index in [-0.39, 0.29) is 5.69 Å². The van der Waals surface area contributed by atoms with Crippen LogP contribution in [0.1, 0.15) is 5.56 Å². The normalized spacial score (nSPS) is 9.61. The van der Waals surface area contributed by atoms with E-state index >= 15 is 0 Å². The Morgan fingerprint density at radius 3 is 3.00 bits per heavy atom. The SMILES string of the molecule is COC(=O)C#Cc1cc([N+](=O)[O-])c2cn[nH]c2c1. The number of esters is 1. The van der Waals surface area contributed by atoms with Crippen LogP contribution >= 0.6 is 0 Å². The van der Waals surface area contributed by atoms with Crippen molar-refractivity contribution in [3.63, 3.8) is 0 Å². The van der Waals surface area contributed by atoms with Crippen LogP contribution in [0.3, 0.4) is 0 Å². The number of nitro groups is 1. The van der Waals surface area contributed by atoms with Crippen molar-refractivity contribution >= 4 is 22.6 Å². The minimum atomic E-state index is -0.706. The molecule has 7 heteroatoms. The fraction of sp³-hybridized carbons (Fsp3) is 0.0909. The Kier molecular flexibility index (Phi) is 2.93. The zero-order valence-electron chi connectivity index (χ0n) is 9.26. The molecule has 2 rings (SSSR count). The van der Waals surface area contributed by atoms with Crippen molar-refractivity contribution < 1.29 is 14.5 Å². The number of ether oxygens (including phenoxy) is 1. The highest BCUT2D eigenvalue weighted by atomic mass is 16.6. The summed E-state index contributed by atoms with van der Waals surface area (Å²) < 4.78 is 4.36. The summed E-state index contributed by atoms with van der Waals surface area (Å²) in [7, 11) is 1.21. The summed E-state index contributed by atoms with van der Waals surface area (Å²) in [5, 5.41) is 17.6. The summed E-state index contributed by atoms with van der Waals surface area (Å²) in [4.78, 5) is 21.2. The molecule has 1 aromatic carbocycles. The number of methoxy groups -OCH3 is 1. The Bertz CT molecular complexity index is 693. The molecule has 1 N–H and O–H groups in total. The second kappa shape index (κ2) is 4.55. The van der Waals surface area contributed by atoms with E-state index in [1.165, 1.54) is 19.4 Å². The zero-order valence-corrected chi connectivity index (χ0v) is 9.26. The first-order valence-corrected chi connectivity index (χ1v) is 4.83. The Morgan fingerprint density at radius 1 is 1.56 bits per heavy atom. The number of H-pyrrole nitrogens is 1. The summed E-state index contributed by atoms with van der Waals surface area (Å²) in [5.41, 5.74) is 0.706. The van der Waals surface area contributed by atoms with Crippen LogP contribution in [-0.4, -0.2) is 28.2 Å². The molecule has 0 saturated carbocycles. The smallest absolute Gasteiger partial charge is 0.384 e. The molecule has 7 nitrogen and oxygen atoms in total. The van der Waals surface area contributed by atoms with Crippen molar-refractivity contribution in [3.05, 3.63) is 34.0 Å². The molecule has 2 aromatic rings. The standard InChI is InChI=1S/C11H7N3O4/c1-18-11(15)3-2-7-4-9-8(6-12-13-9)10(5-7)14(16)17/h4-6H,1H3,(H,12,13). The Balaban J connectivity index is 2.55. The van der Waals surface area contributed by atoms with Gasteiger partial charge in [-0.3, -0.25) is 15.2 Å². The van der Waals surface area contributed by atoms with Gasteiger partial charge in [0.05, 0.1) is 29.1 Å². The van der Waals surface area contributed by atoms with E-state index in [0.717, 1.165) is 0 Å². The Morgan fingerprint density at radius 2 is 2.33 bits per heavy atom. The molecule has 0 atom stereocenters. The summed E-state index contributed by atoms with van der Waals surface area (Å²) in [6.45, 7) is 0. The number of fused-ring (bicyclic) bond motifs is 1. The highest BCUT2D eigenvalue weighted by Crippen LogP contribution is 2.25. The molecule has 0 aliphatic rings. The molecule has 18 heavy (non-hydrogen) atoms. The lowest BCUT2D eigenvalue weighted by atomic mass is 10.1. The van der Waals surface area contributed by atoms with Gasteiger partial charge in [0.1, 0.15) is 0 Å². The third-order valence-corrected chi connectivity index (χ3v) is 2.23. The molecule has 0 saturated heterocycles. The van der Waals surface area contributed by atoms with E-state index in [0.29, 0.717) is 16.5 Å². The first-order chi connectivity index (χ1) is 8.61. The number of carbonyl (C=O) groups excluding carboxylic acids is 1. The van der Waals surface area contributed by atoms with Gasteiger partial charge in [0.2, 0.25) is 0 Å². The van der Waals surface area contributed by atoms with E-state index in [9.17, 15) is 14.9 Å². The number of aromatic amines is 1. The van der Waals surface area contributed by atoms with Crippen LogP contribution in [0.4, 0.5) is 5.69 Å². The van der Waals surface area contributed by atoms with Gasteiger partial charge in [-0.2, -0.15) is 5.10 Å². The van der Waals surface area contributed by atoms with Crippen molar-refractivity contribution in [1.29, 1.82) is 0 Å². The van der Waals surface area contributed by atoms with Gasteiger partial charge in [-0.1, -0.05) is 5.92 Å². The number of hydrogen-bond donors (Lipinski definition) is 1. The number of carbonyl (C=O) groups is 1. The second-order valence-corrected chi connectivity index (χ2v) is 3.33. The van der Waals surface area contributed by atoms with Gasteiger partial charge in [0, 0.05) is 17.6 Å².